The Morgan fingerprint density at radius 2 is 1.63 bits per heavy atom. The highest BCUT2D eigenvalue weighted by atomic mass is 32.2. The van der Waals surface area contributed by atoms with E-state index >= 15 is 0 Å². The second-order valence-corrected chi connectivity index (χ2v) is 5.90. The van der Waals surface area contributed by atoms with Gasteiger partial charge < -0.3 is 0 Å². The summed E-state index contributed by atoms with van der Waals surface area (Å²) in [6.07, 6.45) is 1.71. The van der Waals surface area contributed by atoms with E-state index < -0.39 is 10.0 Å². The van der Waals surface area contributed by atoms with Crippen LogP contribution in [0.1, 0.15) is 11.1 Å². The first-order valence-corrected chi connectivity index (χ1v) is 7.51. The molecule has 0 heterocycles. The van der Waals surface area contributed by atoms with Crippen LogP contribution in [0.15, 0.2) is 61.2 Å². The van der Waals surface area contributed by atoms with Crippen molar-refractivity contribution in [3.8, 4) is 0 Å². The number of benzene rings is 2. The fraction of sp³-hybridized carbons (Fsp3) is 0.0667. The van der Waals surface area contributed by atoms with Gasteiger partial charge in [-0.1, -0.05) is 55.1 Å². The van der Waals surface area contributed by atoms with Gasteiger partial charge in [-0.2, -0.15) is 0 Å². The molecule has 0 fully saturated rings. The van der Waals surface area contributed by atoms with E-state index in [4.69, 9.17) is 0 Å². The molecule has 0 unspecified atom stereocenters. The Morgan fingerprint density at radius 3 is 2.21 bits per heavy atom. The molecular weight excluding hydrogens is 258 g/mol. The maximum atomic E-state index is 12.0. The summed E-state index contributed by atoms with van der Waals surface area (Å²) in [5.74, 6) is -0.0307. The summed E-state index contributed by atoms with van der Waals surface area (Å²) < 4.78 is 26.5. The molecule has 2 rings (SSSR count). The van der Waals surface area contributed by atoms with Crippen molar-refractivity contribution in [2.45, 2.75) is 5.75 Å². The molecule has 0 bridgehead atoms. The highest BCUT2D eigenvalue weighted by molar-refractivity contribution is 7.91. The Hall–Kier alpha value is -2.07. The van der Waals surface area contributed by atoms with Crippen LogP contribution in [0.25, 0.3) is 6.08 Å². The maximum absolute atomic E-state index is 12.0. The van der Waals surface area contributed by atoms with Crippen LogP contribution in [0.2, 0.25) is 0 Å². The molecule has 0 aliphatic heterocycles. The second-order valence-electron chi connectivity index (χ2n) is 4.17. The van der Waals surface area contributed by atoms with Crippen LogP contribution in [-0.4, -0.2) is 8.42 Å². The SMILES string of the molecule is C=Cc1ccc(NS(=O)(=O)Cc2ccccc2)cc1. The van der Waals surface area contributed by atoms with E-state index in [9.17, 15) is 8.42 Å². The van der Waals surface area contributed by atoms with Gasteiger partial charge in [0.1, 0.15) is 0 Å². The molecule has 0 aliphatic rings. The summed E-state index contributed by atoms with van der Waals surface area (Å²) in [4.78, 5) is 0. The average molecular weight is 273 g/mol. The molecule has 0 saturated heterocycles. The molecule has 0 atom stereocenters. The monoisotopic (exact) mass is 273 g/mol. The minimum Gasteiger partial charge on any atom is -0.283 e. The lowest BCUT2D eigenvalue weighted by Crippen LogP contribution is -2.14. The van der Waals surface area contributed by atoms with E-state index in [0.717, 1.165) is 11.1 Å². The average Bonchev–Trinajstić information content (AvgIpc) is 2.39. The van der Waals surface area contributed by atoms with Gasteiger partial charge in [0, 0.05) is 5.69 Å². The Balaban J connectivity index is 2.10. The summed E-state index contributed by atoms with van der Waals surface area (Å²) in [6, 6.07) is 16.2. The lowest BCUT2D eigenvalue weighted by molar-refractivity contribution is 0.600. The Morgan fingerprint density at radius 1 is 1.00 bits per heavy atom. The van der Waals surface area contributed by atoms with Gasteiger partial charge in [-0.25, -0.2) is 8.42 Å². The highest BCUT2D eigenvalue weighted by Crippen LogP contribution is 2.14. The zero-order valence-electron chi connectivity index (χ0n) is 10.4. The molecule has 0 spiro atoms. The first kappa shape index (κ1) is 13.4. The van der Waals surface area contributed by atoms with Gasteiger partial charge in [0.25, 0.3) is 0 Å². The molecule has 0 aromatic heterocycles. The smallest absolute Gasteiger partial charge is 0.236 e. The van der Waals surface area contributed by atoms with Crippen LogP contribution < -0.4 is 4.72 Å². The fourth-order valence-corrected chi connectivity index (χ4v) is 2.90. The summed E-state index contributed by atoms with van der Waals surface area (Å²) in [5, 5.41) is 0. The first-order chi connectivity index (χ1) is 9.09. The molecule has 0 radical (unpaired) electrons. The number of rotatable bonds is 5. The molecule has 98 valence electrons. The normalized spacial score (nSPS) is 10.9. The van der Waals surface area contributed by atoms with Crippen molar-refractivity contribution < 1.29 is 8.42 Å². The van der Waals surface area contributed by atoms with Gasteiger partial charge in [0.15, 0.2) is 0 Å². The minimum absolute atomic E-state index is 0.0307. The zero-order chi connectivity index (χ0) is 13.7. The number of hydrogen-bond acceptors (Lipinski definition) is 2. The lowest BCUT2D eigenvalue weighted by Gasteiger charge is -2.08. The Kier molecular flexibility index (Phi) is 4.02. The van der Waals surface area contributed by atoms with E-state index in [1.54, 1.807) is 30.3 Å². The maximum Gasteiger partial charge on any atom is 0.236 e. The molecule has 2 aromatic rings. The standard InChI is InChI=1S/C15H15NO2S/c1-2-13-8-10-15(11-9-13)16-19(17,18)12-14-6-4-3-5-7-14/h2-11,16H,1,12H2. The summed E-state index contributed by atoms with van der Waals surface area (Å²) in [6.45, 7) is 3.65. The van der Waals surface area contributed by atoms with Crippen molar-refractivity contribution in [1.29, 1.82) is 0 Å². The van der Waals surface area contributed by atoms with E-state index in [1.165, 1.54) is 0 Å². The number of nitrogens with one attached hydrogen (secondary N) is 1. The third-order valence-electron chi connectivity index (χ3n) is 2.62. The molecule has 2 aromatic carbocycles. The third-order valence-corrected chi connectivity index (χ3v) is 3.88. The van der Waals surface area contributed by atoms with Crippen molar-refractivity contribution >= 4 is 21.8 Å². The summed E-state index contributed by atoms with van der Waals surface area (Å²) in [7, 11) is -3.38. The molecule has 0 amide bonds. The van der Waals surface area contributed by atoms with Gasteiger partial charge in [-0.05, 0) is 23.3 Å². The van der Waals surface area contributed by atoms with Gasteiger partial charge in [-0.3, -0.25) is 4.72 Å². The lowest BCUT2D eigenvalue weighted by atomic mass is 10.2. The van der Waals surface area contributed by atoms with Gasteiger partial charge in [0.2, 0.25) is 10.0 Å². The van der Waals surface area contributed by atoms with Crippen LogP contribution in [0.4, 0.5) is 5.69 Å². The predicted molar refractivity (Wildman–Crippen MR) is 79.2 cm³/mol. The van der Waals surface area contributed by atoms with Crippen LogP contribution in [0.5, 0.6) is 0 Å². The van der Waals surface area contributed by atoms with E-state index in [0.29, 0.717) is 5.69 Å². The topological polar surface area (TPSA) is 46.2 Å². The van der Waals surface area contributed by atoms with Crippen LogP contribution in [0.3, 0.4) is 0 Å². The fourth-order valence-electron chi connectivity index (χ4n) is 1.70. The predicted octanol–water partition coefficient (Wildman–Crippen LogP) is 3.27. The number of hydrogen-bond donors (Lipinski definition) is 1. The van der Waals surface area contributed by atoms with Crippen molar-refractivity contribution in [3.63, 3.8) is 0 Å². The molecule has 0 saturated carbocycles. The van der Waals surface area contributed by atoms with Crippen molar-refractivity contribution in [2.24, 2.45) is 0 Å². The molecule has 4 heteroatoms. The zero-order valence-corrected chi connectivity index (χ0v) is 11.2. The van der Waals surface area contributed by atoms with E-state index in [-0.39, 0.29) is 5.75 Å². The molecule has 0 aliphatic carbocycles. The third kappa shape index (κ3) is 3.96. The molecule has 19 heavy (non-hydrogen) atoms. The number of anilines is 1. The second kappa shape index (κ2) is 5.71. The van der Waals surface area contributed by atoms with Crippen molar-refractivity contribution in [2.75, 3.05) is 4.72 Å². The van der Waals surface area contributed by atoms with Crippen molar-refractivity contribution in [3.05, 3.63) is 72.3 Å². The van der Waals surface area contributed by atoms with Crippen LogP contribution in [-0.2, 0) is 15.8 Å². The molecule has 3 nitrogen and oxygen atoms in total. The van der Waals surface area contributed by atoms with Gasteiger partial charge in [0.05, 0.1) is 5.75 Å². The molecular formula is C15H15NO2S. The quantitative estimate of drug-likeness (QED) is 0.908. The molecule has 1 N–H and O–H groups in total. The van der Waals surface area contributed by atoms with Gasteiger partial charge in [-0.15, -0.1) is 0 Å². The van der Waals surface area contributed by atoms with E-state index in [1.807, 2.05) is 30.3 Å². The first-order valence-electron chi connectivity index (χ1n) is 5.86. The van der Waals surface area contributed by atoms with Crippen LogP contribution >= 0.6 is 0 Å². The van der Waals surface area contributed by atoms with Gasteiger partial charge >= 0.3 is 0 Å². The van der Waals surface area contributed by atoms with Crippen LogP contribution in [0, 0.1) is 0 Å². The summed E-state index contributed by atoms with van der Waals surface area (Å²) >= 11 is 0. The van der Waals surface area contributed by atoms with E-state index in [2.05, 4.69) is 11.3 Å². The Bertz CT molecular complexity index is 646. The highest BCUT2D eigenvalue weighted by Gasteiger charge is 2.11. The number of sulfonamides is 1. The Labute approximate surface area is 113 Å². The van der Waals surface area contributed by atoms with Crippen molar-refractivity contribution in [1.82, 2.24) is 0 Å². The largest absolute Gasteiger partial charge is 0.283 e. The minimum atomic E-state index is -3.38. The summed E-state index contributed by atoms with van der Waals surface area (Å²) in [5.41, 5.74) is 2.27.